The van der Waals surface area contributed by atoms with Crippen LogP contribution in [0.3, 0.4) is 0 Å². The van der Waals surface area contributed by atoms with Crippen molar-refractivity contribution in [1.29, 1.82) is 0 Å². The Hall–Kier alpha value is -3.72. The molecule has 1 amide bonds. The predicted octanol–water partition coefficient (Wildman–Crippen LogP) is 5.43. The summed E-state index contributed by atoms with van der Waals surface area (Å²) < 4.78 is 29.0. The Morgan fingerprint density at radius 2 is 1.68 bits per heavy atom. The summed E-state index contributed by atoms with van der Waals surface area (Å²) in [6, 6.07) is 15.6. The van der Waals surface area contributed by atoms with Crippen LogP contribution in [0.25, 0.3) is 22.6 Å². The number of alkyl halides is 2. The van der Waals surface area contributed by atoms with Crippen LogP contribution in [0.4, 0.5) is 13.9 Å². The Bertz CT molecular complexity index is 1180. The molecule has 4 rings (SSSR count). The molecule has 2 aromatic heterocycles. The molecule has 6 nitrogen and oxygen atoms in total. The van der Waals surface area contributed by atoms with E-state index in [0.29, 0.717) is 22.2 Å². The molecule has 0 bridgehead atoms. The molecule has 0 saturated heterocycles. The molecule has 0 fully saturated rings. The first-order chi connectivity index (χ1) is 15.0. The van der Waals surface area contributed by atoms with Gasteiger partial charge in [0.15, 0.2) is 11.0 Å². The van der Waals surface area contributed by atoms with Crippen molar-refractivity contribution >= 4 is 22.4 Å². The average molecular weight is 438 g/mol. The quantitative estimate of drug-likeness (QED) is 0.434. The number of hydrogen-bond acceptors (Lipinski definition) is 6. The van der Waals surface area contributed by atoms with E-state index in [1.165, 1.54) is 35.9 Å². The number of nitrogens with one attached hydrogen (secondary N) is 1. The van der Waals surface area contributed by atoms with Crippen LogP contribution >= 0.6 is 11.3 Å². The highest BCUT2D eigenvalue weighted by Gasteiger charge is 2.15. The fourth-order valence-electron chi connectivity index (χ4n) is 2.86. The van der Waals surface area contributed by atoms with Gasteiger partial charge in [-0.25, -0.2) is 15.0 Å². The van der Waals surface area contributed by atoms with E-state index < -0.39 is 6.61 Å². The molecule has 0 aliphatic heterocycles. The van der Waals surface area contributed by atoms with Gasteiger partial charge in [0.25, 0.3) is 5.91 Å². The molecule has 0 unspecified atom stereocenters. The van der Waals surface area contributed by atoms with Gasteiger partial charge < -0.3 is 4.74 Å². The van der Waals surface area contributed by atoms with E-state index in [9.17, 15) is 13.6 Å². The zero-order valence-corrected chi connectivity index (χ0v) is 17.1. The summed E-state index contributed by atoms with van der Waals surface area (Å²) in [5, 5.41) is 3.16. The van der Waals surface area contributed by atoms with Crippen molar-refractivity contribution in [3.63, 3.8) is 0 Å². The number of amides is 1. The van der Waals surface area contributed by atoms with Gasteiger partial charge in [-0.2, -0.15) is 8.78 Å². The van der Waals surface area contributed by atoms with Crippen molar-refractivity contribution in [2.24, 2.45) is 0 Å². The first-order valence-corrected chi connectivity index (χ1v) is 10.0. The minimum atomic E-state index is -2.88. The van der Waals surface area contributed by atoms with Crippen LogP contribution in [0, 0.1) is 6.92 Å². The topological polar surface area (TPSA) is 77.0 Å². The number of ether oxygens (including phenoxy) is 1. The third-order valence-corrected chi connectivity index (χ3v) is 5.20. The number of carbonyl (C=O) groups excluding carboxylic acids is 1. The molecule has 2 heterocycles. The summed E-state index contributed by atoms with van der Waals surface area (Å²) in [5.74, 6) is 0.225. The maximum absolute atomic E-state index is 12.6. The van der Waals surface area contributed by atoms with Crippen LogP contribution in [-0.2, 0) is 0 Å². The number of aromatic nitrogens is 3. The number of nitrogens with zero attached hydrogens (tertiary/aromatic N) is 3. The van der Waals surface area contributed by atoms with Crippen molar-refractivity contribution in [2.45, 2.75) is 13.5 Å². The van der Waals surface area contributed by atoms with Crippen molar-refractivity contribution in [3.05, 3.63) is 77.4 Å². The van der Waals surface area contributed by atoms with Crippen LogP contribution in [0.2, 0.25) is 0 Å². The third kappa shape index (κ3) is 4.89. The molecule has 31 heavy (non-hydrogen) atoms. The smallest absolute Gasteiger partial charge is 0.387 e. The fourth-order valence-corrected chi connectivity index (χ4v) is 3.69. The maximum atomic E-state index is 12.6. The third-order valence-electron chi connectivity index (χ3n) is 4.32. The molecule has 9 heteroatoms. The summed E-state index contributed by atoms with van der Waals surface area (Å²) in [6.45, 7) is -1.01. The minimum absolute atomic E-state index is 0.0686. The molecular weight excluding hydrogens is 422 g/mol. The van der Waals surface area contributed by atoms with Crippen LogP contribution in [0.5, 0.6) is 5.75 Å². The highest BCUT2D eigenvalue weighted by Crippen LogP contribution is 2.31. The Balaban J connectivity index is 1.47. The maximum Gasteiger partial charge on any atom is 0.387 e. The van der Waals surface area contributed by atoms with E-state index in [1.54, 1.807) is 12.1 Å². The van der Waals surface area contributed by atoms with Gasteiger partial charge in [0.05, 0.1) is 11.3 Å². The second-order valence-electron chi connectivity index (χ2n) is 6.44. The number of hydrogen-bond donors (Lipinski definition) is 1. The van der Waals surface area contributed by atoms with Crippen LogP contribution in [-0.4, -0.2) is 27.5 Å². The number of carbonyl (C=O) groups is 1. The number of thiazole rings is 1. The second-order valence-corrected chi connectivity index (χ2v) is 7.65. The van der Waals surface area contributed by atoms with Gasteiger partial charge in [0.1, 0.15) is 5.75 Å². The molecule has 4 aromatic rings. The molecule has 156 valence electrons. The molecule has 0 aliphatic rings. The van der Waals surface area contributed by atoms with E-state index in [-0.39, 0.29) is 11.7 Å². The average Bonchev–Trinajstić information content (AvgIpc) is 3.14. The number of anilines is 1. The van der Waals surface area contributed by atoms with Gasteiger partial charge in [-0.05, 0) is 31.2 Å². The summed E-state index contributed by atoms with van der Waals surface area (Å²) in [4.78, 5) is 26.4. The molecule has 0 spiro atoms. The Kier molecular flexibility index (Phi) is 5.94. The van der Waals surface area contributed by atoms with E-state index in [0.717, 1.165) is 16.0 Å². The standard InChI is InChI=1S/C22H16F2N4O2S/c1-13-18(14-7-9-17(10-8-14)30-21(23)24)27-22(31-13)28-20(29)16-11-25-19(26-12-16)15-5-3-2-4-6-15/h2-12,21H,1H3,(H,27,28,29). The summed E-state index contributed by atoms with van der Waals surface area (Å²) >= 11 is 1.31. The zero-order valence-electron chi connectivity index (χ0n) is 16.3. The lowest BCUT2D eigenvalue weighted by molar-refractivity contribution is -0.0498. The van der Waals surface area contributed by atoms with Crippen LogP contribution < -0.4 is 10.1 Å². The lowest BCUT2D eigenvalue weighted by atomic mass is 10.1. The van der Waals surface area contributed by atoms with E-state index >= 15 is 0 Å². The van der Waals surface area contributed by atoms with Gasteiger partial charge in [-0.15, -0.1) is 11.3 Å². The van der Waals surface area contributed by atoms with Gasteiger partial charge >= 0.3 is 6.61 Å². The van der Waals surface area contributed by atoms with E-state index in [4.69, 9.17) is 0 Å². The first-order valence-electron chi connectivity index (χ1n) is 9.21. The van der Waals surface area contributed by atoms with Crippen molar-refractivity contribution in [2.75, 3.05) is 5.32 Å². The van der Waals surface area contributed by atoms with Crippen LogP contribution in [0.15, 0.2) is 67.0 Å². The monoisotopic (exact) mass is 438 g/mol. The van der Waals surface area contributed by atoms with Crippen molar-refractivity contribution in [1.82, 2.24) is 15.0 Å². The van der Waals surface area contributed by atoms with Gasteiger partial charge in [-0.1, -0.05) is 30.3 Å². The summed E-state index contributed by atoms with van der Waals surface area (Å²) in [7, 11) is 0. The lowest BCUT2D eigenvalue weighted by Crippen LogP contribution is -2.12. The van der Waals surface area contributed by atoms with Gasteiger partial charge in [0.2, 0.25) is 0 Å². The molecular formula is C22H16F2N4O2S. The zero-order chi connectivity index (χ0) is 21.8. The van der Waals surface area contributed by atoms with Gasteiger partial charge in [-0.3, -0.25) is 10.1 Å². The molecule has 0 atom stereocenters. The SMILES string of the molecule is Cc1sc(NC(=O)c2cnc(-c3ccccc3)nc2)nc1-c1ccc(OC(F)F)cc1. The highest BCUT2D eigenvalue weighted by molar-refractivity contribution is 7.16. The molecule has 0 radical (unpaired) electrons. The normalized spacial score (nSPS) is 10.8. The number of aryl methyl sites for hydroxylation is 1. The molecule has 2 aromatic carbocycles. The first kappa shape index (κ1) is 20.5. The van der Waals surface area contributed by atoms with Crippen LogP contribution in [0.1, 0.15) is 15.2 Å². The Labute approximate surface area is 180 Å². The van der Waals surface area contributed by atoms with Gasteiger partial charge in [0, 0.05) is 28.4 Å². The predicted molar refractivity (Wildman–Crippen MR) is 114 cm³/mol. The number of benzene rings is 2. The molecule has 0 saturated carbocycles. The number of rotatable bonds is 6. The van der Waals surface area contributed by atoms with E-state index in [1.807, 2.05) is 37.3 Å². The Morgan fingerprint density at radius 1 is 1.00 bits per heavy atom. The highest BCUT2D eigenvalue weighted by atomic mass is 32.1. The van der Waals surface area contributed by atoms with Crippen molar-refractivity contribution < 1.29 is 18.3 Å². The summed E-state index contributed by atoms with van der Waals surface area (Å²) in [5.41, 5.74) is 2.55. The largest absolute Gasteiger partial charge is 0.435 e. The molecule has 1 N–H and O–H groups in total. The lowest BCUT2D eigenvalue weighted by Gasteiger charge is -2.05. The Morgan fingerprint density at radius 3 is 2.32 bits per heavy atom. The molecule has 0 aliphatic carbocycles. The second kappa shape index (κ2) is 8.97. The summed E-state index contributed by atoms with van der Waals surface area (Å²) in [6.07, 6.45) is 2.93. The minimum Gasteiger partial charge on any atom is -0.435 e. The number of halogens is 2. The van der Waals surface area contributed by atoms with E-state index in [2.05, 4.69) is 25.0 Å². The van der Waals surface area contributed by atoms with Crippen molar-refractivity contribution in [3.8, 4) is 28.4 Å². The fraction of sp³-hybridized carbons (Fsp3) is 0.0909.